The van der Waals surface area contributed by atoms with Gasteiger partial charge in [0.25, 0.3) is 10.0 Å². The third-order valence-corrected chi connectivity index (χ3v) is 4.54. The molecule has 0 aliphatic heterocycles. The number of carbonyl (C=O) groups excluding carboxylic acids is 1. The van der Waals surface area contributed by atoms with Crippen molar-refractivity contribution in [2.45, 2.75) is 38.1 Å². The van der Waals surface area contributed by atoms with Crippen LogP contribution in [-0.4, -0.2) is 19.9 Å². The Morgan fingerprint density at radius 1 is 0.840 bits per heavy atom. The van der Waals surface area contributed by atoms with Gasteiger partial charge < -0.3 is 10.6 Å². The van der Waals surface area contributed by atoms with Gasteiger partial charge in [0.15, 0.2) is 0 Å². The Hall–Kier alpha value is -2.54. The Morgan fingerprint density at radius 2 is 1.32 bits per heavy atom. The Bertz CT molecular complexity index is 837. The predicted octanol–water partition coefficient (Wildman–Crippen LogP) is 3.66. The Balaban J connectivity index is 2.11. The highest BCUT2D eigenvalue weighted by Crippen LogP contribution is 2.21. The van der Waals surface area contributed by atoms with Crippen molar-refractivity contribution >= 4 is 33.0 Å². The van der Waals surface area contributed by atoms with Crippen LogP contribution in [0.3, 0.4) is 0 Å². The topological polar surface area (TPSA) is 87.3 Å². The van der Waals surface area contributed by atoms with Crippen LogP contribution in [0.15, 0.2) is 53.4 Å². The first kappa shape index (κ1) is 18.8. The second-order valence-corrected chi connectivity index (χ2v) is 8.45. The minimum absolute atomic E-state index is 0.0727. The largest absolute Gasteiger partial charge is 0.380 e. The van der Waals surface area contributed by atoms with Gasteiger partial charge in [-0.15, -0.1) is 0 Å². The third-order valence-electron chi connectivity index (χ3n) is 3.14. The summed E-state index contributed by atoms with van der Waals surface area (Å²) in [5.41, 5.74) is 1.86. The quantitative estimate of drug-likeness (QED) is 0.758. The van der Waals surface area contributed by atoms with Crippen molar-refractivity contribution in [3.63, 3.8) is 0 Å². The number of anilines is 3. The number of hydrogen-bond donors (Lipinski definition) is 3. The van der Waals surface area contributed by atoms with Gasteiger partial charge >= 0.3 is 0 Å². The maximum atomic E-state index is 12.4. The molecule has 7 heteroatoms. The fourth-order valence-corrected chi connectivity index (χ4v) is 3.25. The van der Waals surface area contributed by atoms with E-state index in [1.807, 2.05) is 32.9 Å². The lowest BCUT2D eigenvalue weighted by atomic mass is 10.1. The second-order valence-electron chi connectivity index (χ2n) is 6.76. The summed E-state index contributed by atoms with van der Waals surface area (Å²) < 4.78 is 27.4. The molecule has 0 aliphatic rings. The van der Waals surface area contributed by atoms with Crippen molar-refractivity contribution in [1.29, 1.82) is 0 Å². The standard InChI is InChI=1S/C18H23N3O3S/c1-13(22)19-14-9-11-17(12-10-14)25(23,24)21-16-7-5-15(6-8-16)20-18(2,3)4/h5-12,20-21H,1-4H3,(H,19,22). The lowest BCUT2D eigenvalue weighted by molar-refractivity contribution is -0.114. The van der Waals surface area contributed by atoms with Crippen molar-refractivity contribution in [2.24, 2.45) is 0 Å². The van der Waals surface area contributed by atoms with Gasteiger partial charge in [0, 0.05) is 29.5 Å². The normalized spacial score (nSPS) is 11.7. The lowest BCUT2D eigenvalue weighted by Crippen LogP contribution is -2.25. The zero-order valence-corrected chi connectivity index (χ0v) is 15.6. The Labute approximate surface area is 148 Å². The minimum Gasteiger partial charge on any atom is -0.380 e. The Morgan fingerprint density at radius 3 is 1.80 bits per heavy atom. The molecule has 0 unspecified atom stereocenters. The van der Waals surface area contributed by atoms with Crippen molar-refractivity contribution in [3.8, 4) is 0 Å². The molecule has 0 heterocycles. The van der Waals surface area contributed by atoms with Gasteiger partial charge in [-0.25, -0.2) is 8.42 Å². The van der Waals surface area contributed by atoms with E-state index in [0.717, 1.165) is 5.69 Å². The number of amides is 1. The highest BCUT2D eigenvalue weighted by molar-refractivity contribution is 7.92. The van der Waals surface area contributed by atoms with Crippen molar-refractivity contribution in [1.82, 2.24) is 0 Å². The van der Waals surface area contributed by atoms with E-state index in [-0.39, 0.29) is 16.3 Å². The van der Waals surface area contributed by atoms with Crippen molar-refractivity contribution < 1.29 is 13.2 Å². The van der Waals surface area contributed by atoms with E-state index in [9.17, 15) is 13.2 Å². The van der Waals surface area contributed by atoms with Gasteiger partial charge in [-0.1, -0.05) is 0 Å². The van der Waals surface area contributed by atoms with E-state index < -0.39 is 10.0 Å². The molecule has 0 saturated heterocycles. The molecule has 0 radical (unpaired) electrons. The van der Waals surface area contributed by atoms with Crippen LogP contribution >= 0.6 is 0 Å². The molecule has 2 aromatic carbocycles. The van der Waals surface area contributed by atoms with E-state index in [2.05, 4.69) is 15.4 Å². The summed E-state index contributed by atoms with van der Waals surface area (Å²) in [6, 6.07) is 13.0. The van der Waals surface area contributed by atoms with E-state index in [0.29, 0.717) is 11.4 Å². The molecule has 2 aromatic rings. The second kappa shape index (κ2) is 7.14. The van der Waals surface area contributed by atoms with Crippen LogP contribution in [0, 0.1) is 0 Å². The van der Waals surface area contributed by atoms with E-state index in [4.69, 9.17) is 0 Å². The minimum atomic E-state index is -3.69. The first-order valence-corrected chi connectivity index (χ1v) is 9.32. The molecule has 0 fully saturated rings. The molecular weight excluding hydrogens is 338 g/mol. The molecule has 0 saturated carbocycles. The summed E-state index contributed by atoms with van der Waals surface area (Å²) in [4.78, 5) is 11.1. The molecule has 0 aromatic heterocycles. The van der Waals surface area contributed by atoms with Gasteiger partial charge in [-0.3, -0.25) is 9.52 Å². The maximum absolute atomic E-state index is 12.4. The molecule has 1 amide bonds. The fourth-order valence-electron chi connectivity index (χ4n) is 2.19. The molecule has 2 rings (SSSR count). The number of benzene rings is 2. The zero-order valence-electron chi connectivity index (χ0n) is 14.8. The summed E-state index contributed by atoms with van der Waals surface area (Å²) in [7, 11) is -3.69. The summed E-state index contributed by atoms with van der Waals surface area (Å²) in [5, 5.41) is 5.91. The van der Waals surface area contributed by atoms with E-state index in [1.165, 1.54) is 19.1 Å². The monoisotopic (exact) mass is 361 g/mol. The highest BCUT2D eigenvalue weighted by atomic mass is 32.2. The van der Waals surface area contributed by atoms with Gasteiger partial charge in [0.05, 0.1) is 4.90 Å². The smallest absolute Gasteiger partial charge is 0.261 e. The maximum Gasteiger partial charge on any atom is 0.261 e. The van der Waals surface area contributed by atoms with Crippen molar-refractivity contribution in [3.05, 3.63) is 48.5 Å². The number of carbonyl (C=O) groups is 1. The summed E-state index contributed by atoms with van der Waals surface area (Å²) in [6.07, 6.45) is 0. The van der Waals surface area contributed by atoms with Crippen LogP contribution in [0.1, 0.15) is 27.7 Å². The first-order valence-electron chi connectivity index (χ1n) is 7.84. The van der Waals surface area contributed by atoms with Gasteiger partial charge in [0.2, 0.25) is 5.91 Å². The van der Waals surface area contributed by atoms with Crippen LogP contribution in [0.4, 0.5) is 17.1 Å². The summed E-state index contributed by atoms with van der Waals surface area (Å²) in [6.45, 7) is 7.54. The molecule has 3 N–H and O–H groups in total. The summed E-state index contributed by atoms with van der Waals surface area (Å²) >= 11 is 0. The number of sulfonamides is 1. The van der Waals surface area contributed by atoms with Gasteiger partial charge in [0.1, 0.15) is 0 Å². The van der Waals surface area contributed by atoms with E-state index in [1.54, 1.807) is 24.3 Å². The number of nitrogens with one attached hydrogen (secondary N) is 3. The molecular formula is C18H23N3O3S. The zero-order chi connectivity index (χ0) is 18.7. The third kappa shape index (κ3) is 5.79. The first-order chi connectivity index (χ1) is 11.5. The number of rotatable bonds is 5. The lowest BCUT2D eigenvalue weighted by Gasteiger charge is -2.22. The molecule has 25 heavy (non-hydrogen) atoms. The van der Waals surface area contributed by atoms with Crippen LogP contribution in [0.2, 0.25) is 0 Å². The average Bonchev–Trinajstić information content (AvgIpc) is 2.47. The molecule has 6 nitrogen and oxygen atoms in total. The van der Waals surface area contributed by atoms with Gasteiger partial charge in [-0.2, -0.15) is 0 Å². The van der Waals surface area contributed by atoms with E-state index >= 15 is 0 Å². The number of hydrogen-bond acceptors (Lipinski definition) is 4. The molecule has 134 valence electrons. The molecule has 0 spiro atoms. The molecule has 0 aliphatic carbocycles. The SMILES string of the molecule is CC(=O)Nc1ccc(S(=O)(=O)Nc2ccc(NC(C)(C)C)cc2)cc1. The summed E-state index contributed by atoms with van der Waals surface area (Å²) in [5.74, 6) is -0.210. The highest BCUT2D eigenvalue weighted by Gasteiger charge is 2.15. The van der Waals surface area contributed by atoms with Crippen LogP contribution in [-0.2, 0) is 14.8 Å². The Kier molecular flexibility index (Phi) is 5.37. The fraction of sp³-hybridized carbons (Fsp3) is 0.278. The molecule has 0 atom stereocenters. The average molecular weight is 361 g/mol. The van der Waals surface area contributed by atoms with Crippen molar-refractivity contribution in [2.75, 3.05) is 15.4 Å². The predicted molar refractivity (Wildman–Crippen MR) is 101 cm³/mol. The van der Waals surface area contributed by atoms with Crippen LogP contribution in [0.25, 0.3) is 0 Å². The van der Waals surface area contributed by atoms with Crippen LogP contribution in [0.5, 0.6) is 0 Å². The van der Waals surface area contributed by atoms with Crippen LogP contribution < -0.4 is 15.4 Å². The van der Waals surface area contributed by atoms with Gasteiger partial charge in [-0.05, 0) is 69.3 Å². The molecule has 0 bridgehead atoms.